The Hall–Kier alpha value is -0.440. The van der Waals surface area contributed by atoms with E-state index in [-0.39, 0.29) is 6.17 Å². The van der Waals surface area contributed by atoms with Gasteiger partial charge in [0.1, 0.15) is 6.17 Å². The molecule has 0 saturated carbocycles. The number of hydrogen-bond donors (Lipinski definition) is 2. The van der Waals surface area contributed by atoms with Gasteiger partial charge in [0.2, 0.25) is 0 Å². The Morgan fingerprint density at radius 2 is 1.76 bits per heavy atom. The smallest absolute Gasteiger partial charge is 0.184 e. The van der Waals surface area contributed by atoms with Gasteiger partial charge < -0.3 is 10.6 Å². The summed E-state index contributed by atoms with van der Waals surface area (Å²) in [5, 5.41) is 12.5. The molecule has 0 aromatic carbocycles. The maximum Gasteiger partial charge on any atom is 0.184 e. The summed E-state index contributed by atoms with van der Waals surface area (Å²) in [4.78, 5) is 8.46. The molecule has 0 amide bonds. The fourth-order valence-electron chi connectivity index (χ4n) is 1.14. The molecule has 4 nitrogen and oxygen atoms in total. The molecule has 0 radical (unpaired) electrons. The standard InChI is InChI=1S/C9H12N4S4/c1-14-17-6-7(12-8-10-2-4-15-8)13-9-11-3-5-16-9/h2-5,7H,6H2,1H3,(H,10,12)(H,11,13). The zero-order valence-electron chi connectivity index (χ0n) is 9.12. The van der Waals surface area contributed by atoms with Crippen LogP contribution in [0.5, 0.6) is 0 Å². The van der Waals surface area contributed by atoms with Crippen LogP contribution in [0.1, 0.15) is 0 Å². The Bertz CT molecular complexity index is 366. The summed E-state index contributed by atoms with van der Waals surface area (Å²) in [6.45, 7) is 0. The van der Waals surface area contributed by atoms with E-state index in [2.05, 4.69) is 26.9 Å². The van der Waals surface area contributed by atoms with Crippen molar-refractivity contribution >= 4 is 54.5 Å². The highest BCUT2D eigenvalue weighted by Gasteiger charge is 2.10. The molecule has 0 spiro atoms. The normalized spacial score (nSPS) is 10.7. The first-order valence-electron chi connectivity index (χ1n) is 4.86. The van der Waals surface area contributed by atoms with Gasteiger partial charge in [-0.05, 0) is 6.26 Å². The minimum atomic E-state index is 0.143. The van der Waals surface area contributed by atoms with Crippen molar-refractivity contribution in [3.63, 3.8) is 0 Å². The summed E-state index contributed by atoms with van der Waals surface area (Å²) in [6, 6.07) is 0. The van der Waals surface area contributed by atoms with E-state index in [0.29, 0.717) is 0 Å². The second-order valence-electron chi connectivity index (χ2n) is 2.97. The number of nitrogens with one attached hydrogen (secondary N) is 2. The minimum Gasteiger partial charge on any atom is -0.341 e. The molecule has 0 bridgehead atoms. The number of aromatic nitrogens is 2. The lowest BCUT2D eigenvalue weighted by Crippen LogP contribution is -2.30. The first-order valence-corrected chi connectivity index (χ1v) is 9.35. The molecule has 0 aliphatic carbocycles. The first-order chi connectivity index (χ1) is 8.38. The van der Waals surface area contributed by atoms with Gasteiger partial charge in [-0.25, -0.2) is 9.97 Å². The fraction of sp³-hybridized carbons (Fsp3) is 0.333. The van der Waals surface area contributed by atoms with E-state index in [1.165, 1.54) is 0 Å². The molecule has 0 aliphatic rings. The van der Waals surface area contributed by atoms with Crippen molar-refractivity contribution in [1.82, 2.24) is 9.97 Å². The number of anilines is 2. The van der Waals surface area contributed by atoms with E-state index < -0.39 is 0 Å². The predicted octanol–water partition coefficient (Wildman–Crippen LogP) is 3.46. The summed E-state index contributed by atoms with van der Waals surface area (Å²) in [5.41, 5.74) is 0. The Morgan fingerprint density at radius 1 is 1.18 bits per heavy atom. The third-order valence-electron chi connectivity index (χ3n) is 1.81. The van der Waals surface area contributed by atoms with Crippen LogP contribution in [-0.4, -0.2) is 28.1 Å². The monoisotopic (exact) mass is 304 g/mol. The lowest BCUT2D eigenvalue weighted by Gasteiger charge is -2.18. The summed E-state index contributed by atoms with van der Waals surface area (Å²) < 4.78 is 0. The molecule has 0 unspecified atom stereocenters. The van der Waals surface area contributed by atoms with Crippen LogP contribution in [0.15, 0.2) is 23.2 Å². The highest BCUT2D eigenvalue weighted by Crippen LogP contribution is 2.22. The van der Waals surface area contributed by atoms with Gasteiger partial charge in [-0.15, -0.1) is 22.7 Å². The summed E-state index contributed by atoms with van der Waals surface area (Å²) in [5.74, 6) is 0.945. The van der Waals surface area contributed by atoms with Crippen LogP contribution in [-0.2, 0) is 0 Å². The molecule has 2 aromatic rings. The van der Waals surface area contributed by atoms with Gasteiger partial charge in [0, 0.05) is 28.9 Å². The number of hydrogen-bond acceptors (Lipinski definition) is 8. The van der Waals surface area contributed by atoms with Crippen LogP contribution < -0.4 is 10.6 Å². The van der Waals surface area contributed by atoms with Gasteiger partial charge in [-0.3, -0.25) is 0 Å². The van der Waals surface area contributed by atoms with Crippen molar-refractivity contribution < 1.29 is 0 Å². The summed E-state index contributed by atoms with van der Waals surface area (Å²) >= 11 is 3.20. The quantitative estimate of drug-likeness (QED) is 0.603. The van der Waals surface area contributed by atoms with Crippen molar-refractivity contribution in [1.29, 1.82) is 0 Å². The molecular formula is C9H12N4S4. The van der Waals surface area contributed by atoms with Gasteiger partial charge in [-0.1, -0.05) is 21.6 Å². The van der Waals surface area contributed by atoms with Gasteiger partial charge in [-0.2, -0.15) is 0 Å². The minimum absolute atomic E-state index is 0.143. The van der Waals surface area contributed by atoms with Gasteiger partial charge in [0.05, 0.1) is 0 Å². The molecule has 2 aromatic heterocycles. The Labute approximate surface area is 116 Å². The number of nitrogens with zero attached hydrogens (tertiary/aromatic N) is 2. The molecular weight excluding hydrogens is 292 g/mol. The lowest BCUT2D eigenvalue weighted by atomic mass is 10.5. The molecule has 0 atom stereocenters. The van der Waals surface area contributed by atoms with E-state index in [0.717, 1.165) is 16.0 Å². The predicted molar refractivity (Wildman–Crippen MR) is 81.2 cm³/mol. The van der Waals surface area contributed by atoms with Crippen LogP contribution in [0, 0.1) is 0 Å². The van der Waals surface area contributed by atoms with Crippen molar-refractivity contribution in [2.75, 3.05) is 22.6 Å². The number of rotatable bonds is 7. The fourth-order valence-corrected chi connectivity index (χ4v) is 3.56. The molecule has 92 valence electrons. The third-order valence-corrected chi connectivity index (χ3v) is 5.04. The molecule has 0 saturated heterocycles. The van der Waals surface area contributed by atoms with E-state index in [1.54, 1.807) is 56.7 Å². The van der Waals surface area contributed by atoms with Crippen molar-refractivity contribution in [3.8, 4) is 0 Å². The van der Waals surface area contributed by atoms with E-state index in [1.807, 2.05) is 10.8 Å². The van der Waals surface area contributed by atoms with Crippen LogP contribution >= 0.6 is 44.3 Å². The topological polar surface area (TPSA) is 49.8 Å². The second kappa shape index (κ2) is 7.10. The van der Waals surface area contributed by atoms with E-state index in [9.17, 15) is 0 Å². The number of thiazole rings is 2. The molecule has 8 heteroatoms. The van der Waals surface area contributed by atoms with Crippen molar-refractivity contribution in [2.45, 2.75) is 6.17 Å². The Morgan fingerprint density at radius 3 is 2.18 bits per heavy atom. The molecule has 0 aliphatic heterocycles. The average Bonchev–Trinajstić information content (AvgIpc) is 2.99. The van der Waals surface area contributed by atoms with Crippen LogP contribution in [0.25, 0.3) is 0 Å². The highest BCUT2D eigenvalue weighted by molar-refractivity contribution is 8.76. The maximum atomic E-state index is 4.23. The molecule has 17 heavy (non-hydrogen) atoms. The molecule has 0 fully saturated rings. The zero-order valence-corrected chi connectivity index (χ0v) is 12.4. The van der Waals surface area contributed by atoms with E-state index in [4.69, 9.17) is 0 Å². The maximum absolute atomic E-state index is 4.23. The summed E-state index contributed by atoms with van der Waals surface area (Å²) in [6.07, 6.45) is 5.82. The summed E-state index contributed by atoms with van der Waals surface area (Å²) in [7, 11) is 3.56. The lowest BCUT2D eigenvalue weighted by molar-refractivity contribution is 0.925. The van der Waals surface area contributed by atoms with E-state index >= 15 is 0 Å². The molecule has 2 N–H and O–H groups in total. The van der Waals surface area contributed by atoms with Crippen molar-refractivity contribution in [3.05, 3.63) is 23.2 Å². The van der Waals surface area contributed by atoms with Crippen LogP contribution in [0.4, 0.5) is 10.3 Å². The molecule has 2 rings (SSSR count). The van der Waals surface area contributed by atoms with Gasteiger partial charge in [0.15, 0.2) is 10.3 Å². The zero-order chi connectivity index (χ0) is 11.9. The second-order valence-corrected chi connectivity index (χ2v) is 7.37. The SMILES string of the molecule is CSSCC(Nc1nccs1)Nc1nccs1. The first kappa shape index (κ1) is 13.0. The van der Waals surface area contributed by atoms with Crippen LogP contribution in [0.2, 0.25) is 0 Å². The third kappa shape index (κ3) is 4.38. The largest absolute Gasteiger partial charge is 0.341 e. The average molecular weight is 304 g/mol. The molecule has 2 heterocycles. The Kier molecular flexibility index (Phi) is 5.43. The van der Waals surface area contributed by atoms with Gasteiger partial charge >= 0.3 is 0 Å². The van der Waals surface area contributed by atoms with Crippen LogP contribution in [0.3, 0.4) is 0 Å². The van der Waals surface area contributed by atoms with Gasteiger partial charge in [0.25, 0.3) is 0 Å². The van der Waals surface area contributed by atoms with Crippen molar-refractivity contribution in [2.24, 2.45) is 0 Å². The highest BCUT2D eigenvalue weighted by atomic mass is 33.1. The Balaban J connectivity index is 1.92.